The number of aromatic nitrogens is 2. The van der Waals surface area contributed by atoms with Gasteiger partial charge in [0.05, 0.1) is 28.9 Å². The molecule has 2 fully saturated rings. The highest BCUT2D eigenvalue weighted by Crippen LogP contribution is 2.62. The van der Waals surface area contributed by atoms with Gasteiger partial charge in [-0.3, -0.25) is 14.2 Å². The summed E-state index contributed by atoms with van der Waals surface area (Å²) < 4.78 is 15.1. The van der Waals surface area contributed by atoms with Gasteiger partial charge >= 0.3 is 0 Å². The summed E-state index contributed by atoms with van der Waals surface area (Å²) in [6.45, 7) is 2.03. The zero-order valence-corrected chi connectivity index (χ0v) is 17.0. The Labute approximate surface area is 178 Å². The van der Waals surface area contributed by atoms with Crippen molar-refractivity contribution in [3.63, 3.8) is 0 Å². The minimum Gasteiger partial charge on any atom is -0.349 e. The van der Waals surface area contributed by atoms with Crippen LogP contribution in [0.25, 0.3) is 10.9 Å². The SMILES string of the molecule is CC(NC(=O)c1ccc(C#N)cc1)C1[C@H]2CC(n3cnc4cc(F)ccc4c3=O)C[C@@H]12. The van der Waals surface area contributed by atoms with Gasteiger partial charge in [0.1, 0.15) is 5.82 Å². The van der Waals surface area contributed by atoms with E-state index in [1.165, 1.54) is 24.5 Å². The number of nitriles is 1. The second kappa shape index (κ2) is 7.31. The zero-order valence-electron chi connectivity index (χ0n) is 17.0. The van der Waals surface area contributed by atoms with Crippen LogP contribution >= 0.6 is 0 Å². The Morgan fingerprint density at radius 2 is 1.94 bits per heavy atom. The third-order valence-corrected chi connectivity index (χ3v) is 6.84. The summed E-state index contributed by atoms with van der Waals surface area (Å²) in [6, 6.07) is 12.8. The fourth-order valence-corrected chi connectivity index (χ4v) is 5.28. The molecule has 1 N–H and O–H groups in total. The van der Waals surface area contributed by atoms with Gasteiger partial charge in [0.15, 0.2) is 0 Å². The van der Waals surface area contributed by atoms with E-state index in [2.05, 4.69) is 10.3 Å². The third kappa shape index (κ3) is 3.38. The van der Waals surface area contributed by atoms with E-state index in [1.54, 1.807) is 28.8 Å². The molecule has 1 aromatic heterocycles. The molecule has 6 nitrogen and oxygen atoms in total. The number of hydrogen-bond acceptors (Lipinski definition) is 4. The van der Waals surface area contributed by atoms with E-state index in [-0.39, 0.29) is 23.6 Å². The topological polar surface area (TPSA) is 87.8 Å². The van der Waals surface area contributed by atoms with Crippen molar-refractivity contribution in [1.82, 2.24) is 14.9 Å². The minimum atomic E-state index is -0.404. The van der Waals surface area contributed by atoms with Gasteiger partial charge in [-0.05, 0) is 73.9 Å². The molecule has 7 heteroatoms. The number of carbonyl (C=O) groups excluding carboxylic acids is 1. The van der Waals surface area contributed by atoms with Crippen LogP contribution in [0.5, 0.6) is 0 Å². The lowest BCUT2D eigenvalue weighted by atomic mass is 10.0. The van der Waals surface area contributed by atoms with Gasteiger partial charge in [0.2, 0.25) is 0 Å². The first-order valence-electron chi connectivity index (χ1n) is 10.4. The molecule has 3 aromatic rings. The average Bonchev–Trinajstić information content (AvgIpc) is 3.28. The fourth-order valence-electron chi connectivity index (χ4n) is 5.28. The second-order valence-electron chi connectivity index (χ2n) is 8.60. The Bertz CT molecular complexity index is 1270. The normalized spacial score (nSPS) is 24.9. The van der Waals surface area contributed by atoms with Crippen LogP contribution in [0, 0.1) is 34.9 Å². The second-order valence-corrected chi connectivity index (χ2v) is 8.60. The molecule has 0 aliphatic heterocycles. The highest BCUT2D eigenvalue weighted by molar-refractivity contribution is 5.94. The van der Waals surface area contributed by atoms with Crippen LogP contribution in [0.15, 0.2) is 53.6 Å². The van der Waals surface area contributed by atoms with Crippen LogP contribution < -0.4 is 10.9 Å². The van der Waals surface area contributed by atoms with Gasteiger partial charge in [-0.15, -0.1) is 0 Å². The number of nitrogens with one attached hydrogen (secondary N) is 1. The molecule has 2 aromatic carbocycles. The van der Waals surface area contributed by atoms with Crippen molar-refractivity contribution in [2.24, 2.45) is 17.8 Å². The molecule has 0 saturated heterocycles. The lowest BCUT2D eigenvalue weighted by Crippen LogP contribution is -2.36. The highest BCUT2D eigenvalue weighted by atomic mass is 19.1. The molecular formula is C24H21FN4O2. The largest absolute Gasteiger partial charge is 0.349 e. The molecule has 3 unspecified atom stereocenters. The molecule has 5 rings (SSSR count). The van der Waals surface area contributed by atoms with Gasteiger partial charge in [-0.1, -0.05) is 0 Å². The third-order valence-electron chi connectivity index (χ3n) is 6.84. The molecule has 5 atom stereocenters. The summed E-state index contributed by atoms with van der Waals surface area (Å²) in [7, 11) is 0. The zero-order chi connectivity index (χ0) is 21.7. The van der Waals surface area contributed by atoms with Crippen LogP contribution in [-0.4, -0.2) is 21.5 Å². The summed E-state index contributed by atoms with van der Waals surface area (Å²) >= 11 is 0. The molecule has 2 saturated carbocycles. The van der Waals surface area contributed by atoms with E-state index in [4.69, 9.17) is 5.26 Å². The van der Waals surface area contributed by atoms with Crippen molar-refractivity contribution in [2.45, 2.75) is 31.8 Å². The van der Waals surface area contributed by atoms with E-state index < -0.39 is 5.82 Å². The summed E-state index contributed by atoms with van der Waals surface area (Å²) in [5.74, 6) is 0.797. The highest BCUT2D eigenvalue weighted by Gasteiger charge is 2.58. The number of nitrogens with zero attached hydrogens (tertiary/aromatic N) is 3. The molecule has 1 amide bonds. The number of benzene rings is 2. The summed E-state index contributed by atoms with van der Waals surface area (Å²) in [5, 5.41) is 12.4. The first-order chi connectivity index (χ1) is 15.0. The van der Waals surface area contributed by atoms with Crippen LogP contribution in [0.2, 0.25) is 0 Å². The van der Waals surface area contributed by atoms with Gasteiger partial charge in [0.25, 0.3) is 11.5 Å². The number of fused-ring (bicyclic) bond motifs is 2. The van der Waals surface area contributed by atoms with Crippen LogP contribution in [0.3, 0.4) is 0 Å². The van der Waals surface area contributed by atoms with Crippen LogP contribution in [0.4, 0.5) is 4.39 Å². The lowest BCUT2D eigenvalue weighted by molar-refractivity contribution is 0.0932. The summed E-state index contributed by atoms with van der Waals surface area (Å²) in [4.78, 5) is 29.6. The number of halogens is 1. The molecule has 31 heavy (non-hydrogen) atoms. The van der Waals surface area contributed by atoms with Gasteiger partial charge in [0, 0.05) is 23.7 Å². The number of carbonyl (C=O) groups is 1. The standard InChI is InChI=1S/C24H21FN4O2/c1-13(28-23(30)15-4-2-14(11-26)3-5-15)22-19-9-17(10-20(19)22)29-12-27-21-8-16(25)6-7-18(21)24(29)31/h2-8,12-13,17,19-20,22H,9-10H2,1H3,(H,28,30)/t13?,17?,19-,20+,22?. The Morgan fingerprint density at radius 1 is 1.23 bits per heavy atom. The molecular weight excluding hydrogens is 395 g/mol. The predicted octanol–water partition coefficient (Wildman–Crippen LogP) is 3.42. The molecule has 0 bridgehead atoms. The fraction of sp³-hybridized carbons (Fsp3) is 0.333. The number of hydrogen-bond donors (Lipinski definition) is 1. The summed E-state index contributed by atoms with van der Waals surface area (Å²) in [5.41, 5.74) is 1.31. The van der Waals surface area contributed by atoms with E-state index in [0.29, 0.717) is 39.8 Å². The first-order valence-corrected chi connectivity index (χ1v) is 10.4. The van der Waals surface area contributed by atoms with Crippen molar-refractivity contribution in [1.29, 1.82) is 5.26 Å². The smallest absolute Gasteiger partial charge is 0.261 e. The van der Waals surface area contributed by atoms with E-state index in [1.807, 2.05) is 13.0 Å². The predicted molar refractivity (Wildman–Crippen MR) is 113 cm³/mol. The van der Waals surface area contributed by atoms with Crippen LogP contribution in [-0.2, 0) is 0 Å². The van der Waals surface area contributed by atoms with Crippen molar-refractivity contribution in [2.75, 3.05) is 0 Å². The Balaban J connectivity index is 1.24. The van der Waals surface area contributed by atoms with Crippen molar-refractivity contribution in [3.05, 3.63) is 76.1 Å². The van der Waals surface area contributed by atoms with Crippen molar-refractivity contribution >= 4 is 16.8 Å². The van der Waals surface area contributed by atoms with Gasteiger partial charge in [-0.25, -0.2) is 9.37 Å². The number of rotatable bonds is 4. The average molecular weight is 416 g/mol. The Hall–Kier alpha value is -3.53. The van der Waals surface area contributed by atoms with E-state index >= 15 is 0 Å². The minimum absolute atomic E-state index is 0.0357. The Morgan fingerprint density at radius 3 is 2.61 bits per heavy atom. The van der Waals surface area contributed by atoms with Crippen molar-refractivity contribution in [3.8, 4) is 6.07 Å². The molecule has 2 aliphatic carbocycles. The molecule has 0 spiro atoms. The molecule has 1 heterocycles. The lowest BCUT2D eigenvalue weighted by Gasteiger charge is -2.21. The van der Waals surface area contributed by atoms with Gasteiger partial charge < -0.3 is 5.32 Å². The van der Waals surface area contributed by atoms with Gasteiger partial charge in [-0.2, -0.15) is 5.26 Å². The quantitative estimate of drug-likeness (QED) is 0.706. The first kappa shape index (κ1) is 19.4. The molecule has 156 valence electrons. The summed E-state index contributed by atoms with van der Waals surface area (Å²) in [6.07, 6.45) is 3.28. The molecule has 2 aliphatic rings. The van der Waals surface area contributed by atoms with Crippen molar-refractivity contribution < 1.29 is 9.18 Å². The monoisotopic (exact) mass is 416 g/mol. The maximum Gasteiger partial charge on any atom is 0.261 e. The van der Waals surface area contributed by atoms with E-state index in [0.717, 1.165) is 12.8 Å². The maximum absolute atomic E-state index is 13.4. The van der Waals surface area contributed by atoms with E-state index in [9.17, 15) is 14.0 Å². The Kier molecular flexibility index (Phi) is 4.58. The maximum atomic E-state index is 13.4. The number of amides is 1. The molecule has 0 radical (unpaired) electrons. The van der Waals surface area contributed by atoms with Crippen LogP contribution in [0.1, 0.15) is 41.7 Å².